The lowest BCUT2D eigenvalue weighted by Crippen LogP contribution is -1.94. The molecule has 0 unspecified atom stereocenters. The number of anilines is 1. The van der Waals surface area contributed by atoms with Gasteiger partial charge in [0, 0.05) is 11.2 Å². The fourth-order valence-corrected chi connectivity index (χ4v) is 1.79. The standard InChI is InChI=1S/C11H7Cl3N2O/c12-6-1-2-10(9(15)4-6)17-11-8(14)3-7(13)5-16-11/h1-5H,15H2. The molecule has 3 nitrogen and oxygen atoms in total. The summed E-state index contributed by atoms with van der Waals surface area (Å²) in [5.41, 5.74) is 6.15. The van der Waals surface area contributed by atoms with E-state index in [9.17, 15) is 0 Å². The lowest BCUT2D eigenvalue weighted by atomic mass is 10.3. The van der Waals surface area contributed by atoms with Crippen LogP contribution in [0.15, 0.2) is 30.5 Å². The van der Waals surface area contributed by atoms with Crippen molar-refractivity contribution in [2.75, 3.05) is 5.73 Å². The second-order valence-corrected chi connectivity index (χ2v) is 4.50. The third-order valence-corrected chi connectivity index (χ3v) is 2.67. The van der Waals surface area contributed by atoms with Crippen molar-refractivity contribution in [2.45, 2.75) is 0 Å². The average Bonchev–Trinajstić information content (AvgIpc) is 2.25. The summed E-state index contributed by atoms with van der Waals surface area (Å²) in [5, 5.41) is 1.28. The molecule has 2 aromatic rings. The quantitative estimate of drug-likeness (QED) is 0.833. The first kappa shape index (κ1) is 12.3. The molecule has 1 heterocycles. The van der Waals surface area contributed by atoms with Gasteiger partial charge in [0.25, 0.3) is 0 Å². The molecular formula is C11H7Cl3N2O. The number of nitrogens with two attached hydrogens (primary N) is 1. The van der Waals surface area contributed by atoms with Crippen molar-refractivity contribution < 1.29 is 4.74 Å². The molecule has 88 valence electrons. The second kappa shape index (κ2) is 5.00. The molecule has 0 atom stereocenters. The molecule has 0 spiro atoms. The highest BCUT2D eigenvalue weighted by Crippen LogP contribution is 2.33. The van der Waals surface area contributed by atoms with E-state index in [1.165, 1.54) is 12.3 Å². The molecule has 2 N–H and O–H groups in total. The number of hydrogen-bond donors (Lipinski definition) is 1. The van der Waals surface area contributed by atoms with Gasteiger partial charge in [-0.2, -0.15) is 0 Å². The average molecular weight is 290 g/mol. The number of nitrogen functional groups attached to an aromatic ring is 1. The van der Waals surface area contributed by atoms with Crippen molar-refractivity contribution in [1.82, 2.24) is 4.98 Å². The topological polar surface area (TPSA) is 48.1 Å². The van der Waals surface area contributed by atoms with E-state index in [-0.39, 0.29) is 5.88 Å². The van der Waals surface area contributed by atoms with Crippen LogP contribution in [0, 0.1) is 0 Å². The van der Waals surface area contributed by atoms with Gasteiger partial charge in [-0.1, -0.05) is 34.8 Å². The van der Waals surface area contributed by atoms with Crippen LogP contribution in [-0.2, 0) is 0 Å². The minimum atomic E-state index is 0.241. The lowest BCUT2D eigenvalue weighted by Gasteiger charge is -2.08. The Balaban J connectivity index is 2.31. The smallest absolute Gasteiger partial charge is 0.238 e. The maximum Gasteiger partial charge on any atom is 0.238 e. The second-order valence-electron chi connectivity index (χ2n) is 3.22. The van der Waals surface area contributed by atoms with Crippen LogP contribution in [-0.4, -0.2) is 4.98 Å². The van der Waals surface area contributed by atoms with E-state index in [2.05, 4.69) is 4.98 Å². The van der Waals surface area contributed by atoms with Gasteiger partial charge >= 0.3 is 0 Å². The maximum absolute atomic E-state index is 5.92. The van der Waals surface area contributed by atoms with E-state index in [0.717, 1.165) is 0 Å². The third kappa shape index (κ3) is 2.94. The molecule has 0 aliphatic carbocycles. The fraction of sp³-hybridized carbons (Fsp3) is 0. The first-order valence-electron chi connectivity index (χ1n) is 4.60. The van der Waals surface area contributed by atoms with Crippen LogP contribution in [0.4, 0.5) is 5.69 Å². The molecule has 0 amide bonds. The highest BCUT2D eigenvalue weighted by molar-refractivity contribution is 6.35. The maximum atomic E-state index is 5.92. The molecule has 6 heteroatoms. The number of aromatic nitrogens is 1. The number of benzene rings is 1. The highest BCUT2D eigenvalue weighted by atomic mass is 35.5. The molecule has 0 saturated carbocycles. The van der Waals surface area contributed by atoms with Crippen LogP contribution < -0.4 is 10.5 Å². The van der Waals surface area contributed by atoms with Crippen LogP contribution in [0.1, 0.15) is 0 Å². The molecule has 0 saturated heterocycles. The normalized spacial score (nSPS) is 10.3. The number of rotatable bonds is 2. The monoisotopic (exact) mass is 288 g/mol. The van der Waals surface area contributed by atoms with Gasteiger partial charge in [0.1, 0.15) is 5.02 Å². The van der Waals surface area contributed by atoms with Crippen molar-refractivity contribution in [2.24, 2.45) is 0 Å². The van der Waals surface area contributed by atoms with Gasteiger partial charge in [-0.15, -0.1) is 0 Å². The van der Waals surface area contributed by atoms with E-state index in [0.29, 0.717) is 26.5 Å². The summed E-state index contributed by atoms with van der Waals surface area (Å²) in [4.78, 5) is 3.96. The molecule has 0 bridgehead atoms. The van der Waals surface area contributed by atoms with Crippen molar-refractivity contribution in [3.8, 4) is 11.6 Å². The Morgan fingerprint density at radius 3 is 2.47 bits per heavy atom. The van der Waals surface area contributed by atoms with Crippen molar-refractivity contribution in [3.05, 3.63) is 45.5 Å². The number of hydrogen-bond acceptors (Lipinski definition) is 3. The predicted molar refractivity (Wildman–Crippen MR) is 70.2 cm³/mol. The molecule has 2 rings (SSSR count). The number of nitrogens with zero attached hydrogens (tertiary/aromatic N) is 1. The molecule has 1 aromatic carbocycles. The predicted octanol–water partition coefficient (Wildman–Crippen LogP) is 4.42. The molecule has 0 radical (unpaired) electrons. The van der Waals surface area contributed by atoms with Gasteiger partial charge in [-0.05, 0) is 24.3 Å². The van der Waals surface area contributed by atoms with E-state index in [1.807, 2.05) is 0 Å². The first-order valence-corrected chi connectivity index (χ1v) is 5.73. The Kier molecular flexibility index (Phi) is 3.62. The van der Waals surface area contributed by atoms with E-state index in [4.69, 9.17) is 45.3 Å². The van der Waals surface area contributed by atoms with Crippen molar-refractivity contribution in [3.63, 3.8) is 0 Å². The van der Waals surface area contributed by atoms with Crippen LogP contribution in [0.3, 0.4) is 0 Å². The van der Waals surface area contributed by atoms with Crippen molar-refractivity contribution >= 4 is 40.5 Å². The van der Waals surface area contributed by atoms with E-state index in [1.54, 1.807) is 18.2 Å². The largest absolute Gasteiger partial charge is 0.435 e. The van der Waals surface area contributed by atoms with Gasteiger partial charge in [-0.25, -0.2) is 4.98 Å². The van der Waals surface area contributed by atoms with Gasteiger partial charge < -0.3 is 10.5 Å². The summed E-state index contributed by atoms with van der Waals surface area (Å²) in [6, 6.07) is 6.43. The zero-order valence-corrected chi connectivity index (χ0v) is 10.7. The van der Waals surface area contributed by atoms with Gasteiger partial charge in [0.15, 0.2) is 5.75 Å². The summed E-state index contributed by atoms with van der Waals surface area (Å²) in [7, 11) is 0. The van der Waals surface area contributed by atoms with E-state index >= 15 is 0 Å². The zero-order chi connectivity index (χ0) is 12.4. The Hall–Kier alpha value is -1.16. The Labute approximate surface area is 113 Å². The zero-order valence-electron chi connectivity index (χ0n) is 8.45. The first-order chi connectivity index (χ1) is 8.06. The van der Waals surface area contributed by atoms with Gasteiger partial charge in [0.2, 0.25) is 5.88 Å². The summed E-state index contributed by atoms with van der Waals surface area (Å²) >= 11 is 17.4. The van der Waals surface area contributed by atoms with Crippen LogP contribution in [0.2, 0.25) is 15.1 Å². The minimum absolute atomic E-state index is 0.241. The fourth-order valence-electron chi connectivity index (χ4n) is 1.19. The Morgan fingerprint density at radius 1 is 1.06 bits per heavy atom. The summed E-state index contributed by atoms with van der Waals surface area (Å²) in [6.45, 7) is 0. The molecule has 17 heavy (non-hydrogen) atoms. The molecule has 1 aromatic heterocycles. The number of pyridine rings is 1. The van der Waals surface area contributed by atoms with E-state index < -0.39 is 0 Å². The third-order valence-electron chi connectivity index (χ3n) is 1.95. The lowest BCUT2D eigenvalue weighted by molar-refractivity contribution is 0.465. The summed E-state index contributed by atoms with van der Waals surface area (Å²) < 4.78 is 5.46. The minimum Gasteiger partial charge on any atom is -0.435 e. The summed E-state index contributed by atoms with van der Waals surface area (Å²) in [6.07, 6.45) is 1.44. The number of halogens is 3. The molecular weight excluding hydrogens is 282 g/mol. The SMILES string of the molecule is Nc1cc(Cl)ccc1Oc1ncc(Cl)cc1Cl. The van der Waals surface area contributed by atoms with Gasteiger partial charge in [0.05, 0.1) is 10.7 Å². The van der Waals surface area contributed by atoms with Crippen LogP contribution >= 0.6 is 34.8 Å². The van der Waals surface area contributed by atoms with Crippen LogP contribution in [0.5, 0.6) is 11.6 Å². The molecule has 0 aliphatic heterocycles. The van der Waals surface area contributed by atoms with Crippen LogP contribution in [0.25, 0.3) is 0 Å². The van der Waals surface area contributed by atoms with Gasteiger partial charge in [-0.3, -0.25) is 0 Å². The Bertz CT molecular complexity index is 511. The molecule has 0 aliphatic rings. The Morgan fingerprint density at radius 2 is 1.82 bits per heavy atom. The van der Waals surface area contributed by atoms with Crippen molar-refractivity contribution in [1.29, 1.82) is 0 Å². The number of ether oxygens (including phenoxy) is 1. The summed E-state index contributed by atoms with van der Waals surface area (Å²) in [5.74, 6) is 0.677. The molecule has 0 fully saturated rings. The highest BCUT2D eigenvalue weighted by Gasteiger charge is 2.08.